The molecule has 0 aliphatic carbocycles. The van der Waals surface area contributed by atoms with Crippen LogP contribution in [0.3, 0.4) is 0 Å². The molecule has 0 saturated carbocycles. The van der Waals surface area contributed by atoms with Crippen molar-refractivity contribution in [1.82, 2.24) is 0 Å². The molecule has 0 atom stereocenters. The SMILES string of the molecule is CCCCCCC1=Cc2ccccc2S(=O)(=O)N1c1cccc([N+](=O)[O-])c1. The number of rotatable bonds is 7. The van der Waals surface area contributed by atoms with E-state index in [0.717, 1.165) is 25.7 Å². The van der Waals surface area contributed by atoms with Gasteiger partial charge in [0.15, 0.2) is 0 Å². The molecule has 1 heterocycles. The third-order valence-corrected chi connectivity index (χ3v) is 6.44. The molecule has 27 heavy (non-hydrogen) atoms. The standard InChI is InChI=1S/C20H22N2O4S/c1-2-3-4-5-10-17-14-16-9-6-7-13-20(16)27(25,26)21(17)18-11-8-12-19(15-18)22(23)24/h6-9,11-15H,2-5,10H2,1H3. The first kappa shape index (κ1) is 19.1. The van der Waals surface area contributed by atoms with Crippen LogP contribution >= 0.6 is 0 Å². The normalized spacial score (nSPS) is 15.1. The topological polar surface area (TPSA) is 80.5 Å². The number of fused-ring (bicyclic) bond motifs is 1. The van der Waals surface area contributed by atoms with Gasteiger partial charge in [0.05, 0.1) is 15.5 Å². The second kappa shape index (κ2) is 7.92. The summed E-state index contributed by atoms with van der Waals surface area (Å²) in [5, 5.41) is 11.1. The van der Waals surface area contributed by atoms with Crippen molar-refractivity contribution in [2.45, 2.75) is 43.9 Å². The van der Waals surface area contributed by atoms with Gasteiger partial charge in [-0.2, -0.15) is 0 Å². The van der Waals surface area contributed by atoms with E-state index < -0.39 is 14.9 Å². The Balaban J connectivity index is 2.08. The van der Waals surface area contributed by atoms with Gasteiger partial charge in [0.2, 0.25) is 0 Å². The fraction of sp³-hybridized carbons (Fsp3) is 0.300. The van der Waals surface area contributed by atoms with Crippen molar-refractivity contribution < 1.29 is 13.3 Å². The van der Waals surface area contributed by atoms with Crippen LogP contribution in [-0.2, 0) is 10.0 Å². The Bertz CT molecular complexity index is 983. The van der Waals surface area contributed by atoms with Crippen molar-refractivity contribution in [2.24, 2.45) is 0 Å². The van der Waals surface area contributed by atoms with E-state index in [4.69, 9.17) is 0 Å². The molecule has 6 nitrogen and oxygen atoms in total. The van der Waals surface area contributed by atoms with Gasteiger partial charge in [-0.25, -0.2) is 12.7 Å². The van der Waals surface area contributed by atoms with Crippen LogP contribution in [0.15, 0.2) is 59.1 Å². The summed E-state index contributed by atoms with van der Waals surface area (Å²) in [5.74, 6) is 0. The number of non-ortho nitro benzene ring substituents is 1. The van der Waals surface area contributed by atoms with Crippen molar-refractivity contribution in [3.63, 3.8) is 0 Å². The Morgan fingerprint density at radius 3 is 2.56 bits per heavy atom. The Kier molecular flexibility index (Phi) is 5.60. The number of unbranched alkanes of at least 4 members (excludes halogenated alkanes) is 3. The monoisotopic (exact) mass is 386 g/mol. The Labute approximate surface area is 159 Å². The Morgan fingerprint density at radius 1 is 1.04 bits per heavy atom. The summed E-state index contributed by atoms with van der Waals surface area (Å²) < 4.78 is 27.9. The molecular formula is C20H22N2O4S. The molecule has 0 N–H and O–H groups in total. The maximum absolute atomic E-state index is 13.3. The van der Waals surface area contributed by atoms with Crippen LogP contribution in [0.1, 0.15) is 44.6 Å². The van der Waals surface area contributed by atoms with Gasteiger partial charge in [0, 0.05) is 17.8 Å². The summed E-state index contributed by atoms with van der Waals surface area (Å²) in [6.45, 7) is 2.12. The van der Waals surface area contributed by atoms with Gasteiger partial charge >= 0.3 is 0 Å². The minimum absolute atomic E-state index is 0.133. The van der Waals surface area contributed by atoms with Gasteiger partial charge < -0.3 is 0 Å². The molecule has 0 unspecified atom stereocenters. The number of anilines is 1. The number of nitrogens with zero attached hydrogens (tertiary/aromatic N) is 2. The molecule has 1 aliphatic heterocycles. The smallest absolute Gasteiger partial charge is 0.258 e. The maximum Gasteiger partial charge on any atom is 0.271 e. The molecule has 0 spiro atoms. The lowest BCUT2D eigenvalue weighted by Gasteiger charge is -2.31. The zero-order valence-electron chi connectivity index (χ0n) is 15.2. The third kappa shape index (κ3) is 3.88. The molecule has 0 bridgehead atoms. The van der Waals surface area contributed by atoms with E-state index in [9.17, 15) is 18.5 Å². The highest BCUT2D eigenvalue weighted by Crippen LogP contribution is 2.38. The zero-order chi connectivity index (χ0) is 19.4. The minimum Gasteiger partial charge on any atom is -0.258 e. The highest BCUT2D eigenvalue weighted by molar-refractivity contribution is 7.93. The molecule has 2 aromatic rings. The lowest BCUT2D eigenvalue weighted by molar-refractivity contribution is -0.384. The number of hydrogen-bond acceptors (Lipinski definition) is 4. The average Bonchev–Trinajstić information content (AvgIpc) is 2.65. The number of sulfonamides is 1. The van der Waals surface area contributed by atoms with Crippen molar-refractivity contribution in [3.8, 4) is 0 Å². The quantitative estimate of drug-likeness (QED) is 0.376. The molecule has 2 aromatic carbocycles. The predicted octanol–water partition coefficient (Wildman–Crippen LogP) is 5.12. The van der Waals surface area contributed by atoms with E-state index in [-0.39, 0.29) is 10.6 Å². The Hall–Kier alpha value is -2.67. The van der Waals surface area contributed by atoms with Gasteiger partial charge in [-0.15, -0.1) is 0 Å². The lowest BCUT2D eigenvalue weighted by atomic mass is 10.1. The maximum atomic E-state index is 13.3. The molecule has 0 aromatic heterocycles. The fourth-order valence-corrected chi connectivity index (χ4v) is 4.99. The van der Waals surface area contributed by atoms with E-state index in [1.807, 2.05) is 12.1 Å². The van der Waals surface area contributed by atoms with Gasteiger partial charge in [-0.05, 0) is 36.6 Å². The largest absolute Gasteiger partial charge is 0.271 e. The van der Waals surface area contributed by atoms with E-state index in [2.05, 4.69) is 6.92 Å². The first-order chi connectivity index (χ1) is 12.9. The lowest BCUT2D eigenvalue weighted by Crippen LogP contribution is -2.33. The van der Waals surface area contributed by atoms with E-state index in [0.29, 0.717) is 23.4 Å². The fourth-order valence-electron chi connectivity index (χ4n) is 3.27. The molecule has 0 radical (unpaired) electrons. The van der Waals surface area contributed by atoms with Crippen LogP contribution < -0.4 is 4.31 Å². The number of nitro groups is 1. The number of nitro benzene ring substituents is 1. The molecule has 0 amide bonds. The number of hydrogen-bond donors (Lipinski definition) is 0. The van der Waals surface area contributed by atoms with Crippen LogP contribution in [-0.4, -0.2) is 13.3 Å². The van der Waals surface area contributed by atoms with Gasteiger partial charge in [-0.1, -0.05) is 50.5 Å². The summed E-state index contributed by atoms with van der Waals surface area (Å²) in [6, 6.07) is 12.6. The van der Waals surface area contributed by atoms with E-state index in [1.165, 1.54) is 22.5 Å². The minimum atomic E-state index is -3.83. The highest BCUT2D eigenvalue weighted by Gasteiger charge is 2.33. The van der Waals surface area contributed by atoms with Crippen LogP contribution in [0, 0.1) is 10.1 Å². The molecule has 3 rings (SSSR count). The number of benzene rings is 2. The average molecular weight is 386 g/mol. The first-order valence-electron chi connectivity index (χ1n) is 9.04. The molecular weight excluding hydrogens is 364 g/mol. The molecule has 7 heteroatoms. The van der Waals surface area contributed by atoms with Crippen LogP contribution in [0.2, 0.25) is 0 Å². The molecule has 1 aliphatic rings. The van der Waals surface area contributed by atoms with Crippen molar-refractivity contribution in [1.29, 1.82) is 0 Å². The summed E-state index contributed by atoms with van der Waals surface area (Å²) in [6.07, 6.45) is 6.53. The van der Waals surface area contributed by atoms with Crippen molar-refractivity contribution in [3.05, 3.63) is 69.9 Å². The first-order valence-corrected chi connectivity index (χ1v) is 10.5. The second-order valence-electron chi connectivity index (χ2n) is 6.53. The van der Waals surface area contributed by atoms with Gasteiger partial charge in [0.1, 0.15) is 0 Å². The highest BCUT2D eigenvalue weighted by atomic mass is 32.2. The van der Waals surface area contributed by atoms with Gasteiger partial charge in [-0.3, -0.25) is 10.1 Å². The van der Waals surface area contributed by atoms with Gasteiger partial charge in [0.25, 0.3) is 15.7 Å². The predicted molar refractivity (Wildman–Crippen MR) is 106 cm³/mol. The summed E-state index contributed by atoms with van der Waals surface area (Å²) in [5.41, 5.74) is 1.46. The van der Waals surface area contributed by atoms with Crippen LogP contribution in [0.5, 0.6) is 0 Å². The van der Waals surface area contributed by atoms with Crippen LogP contribution in [0.25, 0.3) is 6.08 Å². The summed E-state index contributed by atoms with van der Waals surface area (Å²) >= 11 is 0. The molecule has 0 saturated heterocycles. The van der Waals surface area contributed by atoms with Crippen molar-refractivity contribution >= 4 is 27.5 Å². The summed E-state index contributed by atoms with van der Waals surface area (Å²) in [4.78, 5) is 10.8. The Morgan fingerprint density at radius 2 is 1.81 bits per heavy atom. The van der Waals surface area contributed by atoms with E-state index >= 15 is 0 Å². The number of allylic oxidation sites excluding steroid dienone is 1. The van der Waals surface area contributed by atoms with Crippen LogP contribution in [0.4, 0.5) is 11.4 Å². The third-order valence-electron chi connectivity index (χ3n) is 4.58. The zero-order valence-corrected chi connectivity index (χ0v) is 16.0. The van der Waals surface area contributed by atoms with E-state index in [1.54, 1.807) is 24.3 Å². The molecule has 0 fully saturated rings. The van der Waals surface area contributed by atoms with Crippen molar-refractivity contribution in [2.75, 3.05) is 4.31 Å². The second-order valence-corrected chi connectivity index (χ2v) is 8.29. The molecule has 142 valence electrons. The summed E-state index contributed by atoms with van der Waals surface area (Å²) in [7, 11) is -3.83.